The average molecular weight is 256 g/mol. The molecule has 3 rings (SSSR count). The molecule has 0 amide bonds. The molecule has 5 heteroatoms. The number of fused-ring (bicyclic) bond motifs is 1. The lowest BCUT2D eigenvalue weighted by molar-refractivity contribution is -0.136. The molecule has 0 aliphatic rings. The largest absolute Gasteiger partial charge is 0.481 e. The van der Waals surface area contributed by atoms with Crippen LogP contribution >= 0.6 is 0 Å². The number of hydrogen-bond donors (Lipinski definition) is 2. The zero-order valence-electron chi connectivity index (χ0n) is 10.3. The van der Waals surface area contributed by atoms with E-state index in [1.807, 2.05) is 31.2 Å². The number of carboxylic acid groups (broad SMARTS) is 1. The SMILES string of the molecule is Cc1[nH]nc(CC(=O)O)c1-c1coc2ccccc12. The van der Waals surface area contributed by atoms with Gasteiger partial charge < -0.3 is 9.52 Å². The summed E-state index contributed by atoms with van der Waals surface area (Å²) < 4.78 is 5.50. The number of aromatic amines is 1. The molecule has 0 radical (unpaired) electrons. The molecule has 0 bridgehead atoms. The van der Waals surface area contributed by atoms with Crippen molar-refractivity contribution in [3.63, 3.8) is 0 Å². The Labute approximate surface area is 108 Å². The fourth-order valence-electron chi connectivity index (χ4n) is 2.28. The molecule has 0 unspecified atom stereocenters. The van der Waals surface area contributed by atoms with Gasteiger partial charge in [0.2, 0.25) is 0 Å². The van der Waals surface area contributed by atoms with E-state index in [1.54, 1.807) is 6.26 Å². The van der Waals surface area contributed by atoms with Gasteiger partial charge in [-0.2, -0.15) is 5.10 Å². The summed E-state index contributed by atoms with van der Waals surface area (Å²) in [7, 11) is 0. The standard InChI is InChI=1S/C14H12N2O3/c1-8-14(11(16-15-8)6-13(17)18)10-7-19-12-5-3-2-4-9(10)12/h2-5,7H,6H2,1H3,(H,15,16)(H,17,18). The molecule has 0 saturated carbocycles. The Morgan fingerprint density at radius 3 is 3.00 bits per heavy atom. The molecule has 19 heavy (non-hydrogen) atoms. The maximum Gasteiger partial charge on any atom is 0.309 e. The van der Waals surface area contributed by atoms with Crippen molar-refractivity contribution in [3.05, 3.63) is 41.9 Å². The minimum absolute atomic E-state index is 0.112. The van der Waals surface area contributed by atoms with E-state index in [4.69, 9.17) is 9.52 Å². The van der Waals surface area contributed by atoms with Gasteiger partial charge in [0.15, 0.2) is 0 Å². The summed E-state index contributed by atoms with van der Waals surface area (Å²) in [4.78, 5) is 10.9. The summed E-state index contributed by atoms with van der Waals surface area (Å²) in [6.45, 7) is 1.87. The van der Waals surface area contributed by atoms with Gasteiger partial charge in [-0.1, -0.05) is 18.2 Å². The molecule has 1 aromatic carbocycles. The normalized spacial score (nSPS) is 11.0. The van der Waals surface area contributed by atoms with Gasteiger partial charge in [-0.25, -0.2) is 0 Å². The number of nitrogens with one attached hydrogen (secondary N) is 1. The van der Waals surface area contributed by atoms with E-state index < -0.39 is 5.97 Å². The van der Waals surface area contributed by atoms with Crippen LogP contribution in [0.2, 0.25) is 0 Å². The van der Waals surface area contributed by atoms with E-state index in [2.05, 4.69) is 10.2 Å². The van der Waals surface area contributed by atoms with Crippen molar-refractivity contribution < 1.29 is 14.3 Å². The molecule has 0 fully saturated rings. The highest BCUT2D eigenvalue weighted by Gasteiger charge is 2.18. The topological polar surface area (TPSA) is 79.1 Å². The Balaban J connectivity index is 2.21. The van der Waals surface area contributed by atoms with Gasteiger partial charge in [-0.15, -0.1) is 0 Å². The van der Waals surface area contributed by atoms with Crippen LogP contribution in [-0.2, 0) is 11.2 Å². The Hall–Kier alpha value is -2.56. The maximum atomic E-state index is 10.9. The molecule has 0 spiro atoms. The van der Waals surface area contributed by atoms with Crippen LogP contribution in [0.4, 0.5) is 0 Å². The van der Waals surface area contributed by atoms with Gasteiger partial charge in [0.1, 0.15) is 5.58 Å². The molecular formula is C14H12N2O3. The van der Waals surface area contributed by atoms with Crippen LogP contribution in [0.25, 0.3) is 22.1 Å². The van der Waals surface area contributed by atoms with E-state index in [1.165, 1.54) is 0 Å². The molecule has 3 aromatic rings. The zero-order chi connectivity index (χ0) is 13.4. The van der Waals surface area contributed by atoms with Crippen molar-refractivity contribution in [2.24, 2.45) is 0 Å². The molecule has 2 aromatic heterocycles. The summed E-state index contributed by atoms with van der Waals surface area (Å²) in [5.41, 5.74) is 3.82. The van der Waals surface area contributed by atoms with Gasteiger partial charge >= 0.3 is 5.97 Å². The van der Waals surface area contributed by atoms with Crippen molar-refractivity contribution in [2.45, 2.75) is 13.3 Å². The number of nitrogens with zero attached hydrogens (tertiary/aromatic N) is 1. The minimum atomic E-state index is -0.902. The van der Waals surface area contributed by atoms with Crippen molar-refractivity contribution in [2.75, 3.05) is 0 Å². The highest BCUT2D eigenvalue weighted by atomic mass is 16.4. The number of hydrogen-bond acceptors (Lipinski definition) is 3. The Morgan fingerprint density at radius 2 is 2.21 bits per heavy atom. The van der Waals surface area contributed by atoms with Crippen LogP contribution in [0.3, 0.4) is 0 Å². The third-order valence-electron chi connectivity index (χ3n) is 3.09. The van der Waals surface area contributed by atoms with Gasteiger partial charge in [0.05, 0.1) is 18.4 Å². The van der Waals surface area contributed by atoms with E-state index in [-0.39, 0.29) is 6.42 Å². The van der Waals surface area contributed by atoms with Crippen molar-refractivity contribution in [1.29, 1.82) is 0 Å². The van der Waals surface area contributed by atoms with Crippen LogP contribution in [0, 0.1) is 6.92 Å². The third kappa shape index (κ3) is 1.89. The summed E-state index contributed by atoms with van der Waals surface area (Å²) in [6, 6.07) is 7.65. The smallest absolute Gasteiger partial charge is 0.309 e. The first-order valence-electron chi connectivity index (χ1n) is 5.89. The quantitative estimate of drug-likeness (QED) is 0.755. The monoisotopic (exact) mass is 256 g/mol. The van der Waals surface area contributed by atoms with E-state index in [0.717, 1.165) is 27.8 Å². The lowest BCUT2D eigenvalue weighted by atomic mass is 10.0. The third-order valence-corrected chi connectivity index (χ3v) is 3.09. The predicted octanol–water partition coefficient (Wildman–Crippen LogP) is 2.76. The first-order valence-corrected chi connectivity index (χ1v) is 5.89. The molecule has 96 valence electrons. The highest BCUT2D eigenvalue weighted by Crippen LogP contribution is 2.34. The van der Waals surface area contributed by atoms with Crippen molar-refractivity contribution >= 4 is 16.9 Å². The molecule has 5 nitrogen and oxygen atoms in total. The lowest BCUT2D eigenvalue weighted by Crippen LogP contribution is -2.01. The number of furan rings is 1. The summed E-state index contributed by atoms with van der Waals surface area (Å²) >= 11 is 0. The maximum absolute atomic E-state index is 10.9. The van der Waals surface area contributed by atoms with Crippen LogP contribution in [-0.4, -0.2) is 21.3 Å². The number of carbonyl (C=O) groups is 1. The summed E-state index contributed by atoms with van der Waals surface area (Å²) in [6.07, 6.45) is 1.53. The lowest BCUT2D eigenvalue weighted by Gasteiger charge is -2.00. The van der Waals surface area contributed by atoms with Crippen LogP contribution in [0.5, 0.6) is 0 Å². The van der Waals surface area contributed by atoms with Gasteiger partial charge in [-0.05, 0) is 13.0 Å². The van der Waals surface area contributed by atoms with Crippen molar-refractivity contribution in [1.82, 2.24) is 10.2 Å². The summed E-state index contributed by atoms with van der Waals surface area (Å²) in [5.74, 6) is -0.902. The predicted molar refractivity (Wildman–Crippen MR) is 69.9 cm³/mol. The van der Waals surface area contributed by atoms with Gasteiger partial charge in [0.25, 0.3) is 0 Å². The van der Waals surface area contributed by atoms with Crippen LogP contribution < -0.4 is 0 Å². The van der Waals surface area contributed by atoms with E-state index >= 15 is 0 Å². The number of carboxylic acids is 1. The molecular weight excluding hydrogens is 244 g/mol. The molecule has 0 saturated heterocycles. The number of aryl methyl sites for hydroxylation is 1. The average Bonchev–Trinajstić information content (AvgIpc) is 2.93. The van der Waals surface area contributed by atoms with Crippen LogP contribution in [0.15, 0.2) is 34.9 Å². The fraction of sp³-hybridized carbons (Fsp3) is 0.143. The molecule has 0 aliphatic carbocycles. The highest BCUT2D eigenvalue weighted by molar-refractivity contribution is 5.95. The number of benzene rings is 1. The second kappa shape index (κ2) is 4.28. The second-order valence-electron chi connectivity index (χ2n) is 4.39. The first kappa shape index (κ1) is 11.5. The molecule has 0 aliphatic heterocycles. The van der Waals surface area contributed by atoms with Gasteiger partial charge in [0, 0.05) is 22.2 Å². The van der Waals surface area contributed by atoms with E-state index in [0.29, 0.717) is 5.69 Å². The Morgan fingerprint density at radius 1 is 1.42 bits per heavy atom. The number of aliphatic carboxylic acids is 1. The molecule has 0 atom stereocenters. The van der Waals surface area contributed by atoms with E-state index in [9.17, 15) is 4.79 Å². The minimum Gasteiger partial charge on any atom is -0.481 e. The fourth-order valence-corrected chi connectivity index (χ4v) is 2.28. The Kier molecular flexibility index (Phi) is 2.59. The first-order chi connectivity index (χ1) is 9.16. The number of rotatable bonds is 3. The van der Waals surface area contributed by atoms with Crippen LogP contribution in [0.1, 0.15) is 11.4 Å². The van der Waals surface area contributed by atoms with Gasteiger partial charge in [-0.3, -0.25) is 9.89 Å². The number of para-hydroxylation sites is 1. The Bertz CT molecular complexity index is 755. The zero-order valence-corrected chi connectivity index (χ0v) is 10.3. The number of aromatic nitrogens is 2. The van der Waals surface area contributed by atoms with Crippen molar-refractivity contribution in [3.8, 4) is 11.1 Å². The molecule has 2 heterocycles. The summed E-state index contributed by atoms with van der Waals surface area (Å²) in [5, 5.41) is 16.8. The second-order valence-corrected chi connectivity index (χ2v) is 4.39. The number of H-pyrrole nitrogens is 1. The molecule has 2 N–H and O–H groups in total.